The smallest absolute Gasteiger partial charge is 0.273 e. The monoisotopic (exact) mass is 376 g/mol. The van der Waals surface area contributed by atoms with Crippen molar-refractivity contribution in [3.8, 4) is 0 Å². The van der Waals surface area contributed by atoms with Gasteiger partial charge in [-0.1, -0.05) is 18.2 Å². The Hall–Kier alpha value is -3.41. The number of anilines is 2. The van der Waals surface area contributed by atoms with Gasteiger partial charge in [0.05, 0.1) is 11.2 Å². The molecule has 1 heterocycles. The molecular formula is C22H24N4O2. The molecule has 0 atom stereocenters. The van der Waals surface area contributed by atoms with E-state index in [0.717, 1.165) is 11.4 Å². The largest absolute Gasteiger partial charge is 0.322 e. The summed E-state index contributed by atoms with van der Waals surface area (Å²) in [6.45, 7) is 7.85. The fraction of sp³-hybridized carbons (Fsp3) is 0.227. The summed E-state index contributed by atoms with van der Waals surface area (Å²) in [5, 5.41) is 10.1. The highest BCUT2D eigenvalue weighted by Crippen LogP contribution is 2.19. The lowest BCUT2D eigenvalue weighted by atomic mass is 10.1. The van der Waals surface area contributed by atoms with Crippen molar-refractivity contribution >= 4 is 23.2 Å². The van der Waals surface area contributed by atoms with E-state index in [9.17, 15) is 9.59 Å². The second-order valence-electron chi connectivity index (χ2n) is 7.61. The number of hydrogen-bond acceptors (Lipinski definition) is 3. The van der Waals surface area contributed by atoms with Gasteiger partial charge in [-0.25, -0.2) is 0 Å². The number of carbonyl (C=O) groups excluding carboxylic acids is 2. The van der Waals surface area contributed by atoms with Gasteiger partial charge in [-0.05, 0) is 70.2 Å². The minimum atomic E-state index is -0.305. The van der Waals surface area contributed by atoms with Gasteiger partial charge in [0.1, 0.15) is 5.69 Å². The van der Waals surface area contributed by atoms with Crippen LogP contribution in [0.4, 0.5) is 11.4 Å². The molecule has 0 spiro atoms. The zero-order valence-electron chi connectivity index (χ0n) is 16.5. The fourth-order valence-corrected chi connectivity index (χ4v) is 2.80. The second-order valence-corrected chi connectivity index (χ2v) is 7.61. The summed E-state index contributed by atoms with van der Waals surface area (Å²) >= 11 is 0. The topological polar surface area (TPSA) is 76.0 Å². The van der Waals surface area contributed by atoms with E-state index >= 15 is 0 Å². The molecule has 0 fully saturated rings. The van der Waals surface area contributed by atoms with E-state index in [1.54, 1.807) is 35.0 Å². The van der Waals surface area contributed by atoms with Gasteiger partial charge in [0.2, 0.25) is 0 Å². The van der Waals surface area contributed by atoms with Crippen LogP contribution < -0.4 is 10.6 Å². The van der Waals surface area contributed by atoms with Crippen molar-refractivity contribution < 1.29 is 9.59 Å². The molecule has 0 unspecified atom stereocenters. The third-order valence-corrected chi connectivity index (χ3v) is 4.14. The van der Waals surface area contributed by atoms with Crippen LogP contribution in [0.2, 0.25) is 0 Å². The Morgan fingerprint density at radius 2 is 1.43 bits per heavy atom. The Labute approximate surface area is 164 Å². The number of aromatic nitrogens is 2. The van der Waals surface area contributed by atoms with Crippen LogP contribution in [-0.2, 0) is 5.54 Å². The number of benzene rings is 2. The number of para-hydroxylation sites is 1. The fourth-order valence-electron chi connectivity index (χ4n) is 2.80. The van der Waals surface area contributed by atoms with Gasteiger partial charge in [-0.15, -0.1) is 0 Å². The summed E-state index contributed by atoms with van der Waals surface area (Å²) in [7, 11) is 0. The minimum Gasteiger partial charge on any atom is -0.322 e. The quantitative estimate of drug-likeness (QED) is 0.706. The Balaban J connectivity index is 1.71. The van der Waals surface area contributed by atoms with E-state index in [1.807, 2.05) is 58.0 Å². The second kappa shape index (κ2) is 7.68. The molecule has 0 radical (unpaired) electrons. The van der Waals surface area contributed by atoms with E-state index in [0.29, 0.717) is 16.9 Å². The molecule has 2 aromatic carbocycles. The van der Waals surface area contributed by atoms with Gasteiger partial charge in [0.25, 0.3) is 11.8 Å². The first-order valence-corrected chi connectivity index (χ1v) is 9.09. The molecule has 2 N–H and O–H groups in total. The van der Waals surface area contributed by atoms with Crippen LogP contribution in [0.15, 0.2) is 60.7 Å². The Morgan fingerprint density at radius 3 is 2.04 bits per heavy atom. The normalized spacial score (nSPS) is 11.1. The number of nitrogens with one attached hydrogen (secondary N) is 2. The summed E-state index contributed by atoms with van der Waals surface area (Å²) in [4.78, 5) is 25.0. The molecule has 2 amide bonds. The van der Waals surface area contributed by atoms with Gasteiger partial charge in [0, 0.05) is 16.9 Å². The average Bonchev–Trinajstić information content (AvgIpc) is 3.05. The highest BCUT2D eigenvalue weighted by atomic mass is 16.2. The van der Waals surface area contributed by atoms with Crippen molar-refractivity contribution in [3.63, 3.8) is 0 Å². The van der Waals surface area contributed by atoms with Crippen LogP contribution in [0.25, 0.3) is 0 Å². The van der Waals surface area contributed by atoms with Crippen LogP contribution >= 0.6 is 0 Å². The summed E-state index contributed by atoms with van der Waals surface area (Å²) < 4.78 is 1.72. The Bertz CT molecular complexity index is 984. The lowest BCUT2D eigenvalue weighted by Gasteiger charge is -2.22. The lowest BCUT2D eigenvalue weighted by molar-refractivity contribution is 0.100. The van der Waals surface area contributed by atoms with Crippen molar-refractivity contribution in [2.45, 2.75) is 33.2 Å². The zero-order valence-corrected chi connectivity index (χ0v) is 16.5. The van der Waals surface area contributed by atoms with Crippen molar-refractivity contribution in [1.82, 2.24) is 9.78 Å². The average molecular weight is 376 g/mol. The maximum Gasteiger partial charge on any atom is 0.273 e. The maximum absolute atomic E-state index is 12.7. The minimum absolute atomic E-state index is 0.203. The summed E-state index contributed by atoms with van der Waals surface area (Å²) in [5.74, 6) is -0.442. The Morgan fingerprint density at radius 1 is 0.857 bits per heavy atom. The predicted octanol–water partition coefficient (Wildman–Crippen LogP) is 4.45. The highest BCUT2D eigenvalue weighted by Gasteiger charge is 2.23. The molecule has 3 aromatic rings. The maximum atomic E-state index is 12.7. The van der Waals surface area contributed by atoms with E-state index in [1.165, 1.54) is 0 Å². The molecule has 0 aliphatic heterocycles. The van der Waals surface area contributed by atoms with Crippen molar-refractivity contribution in [2.24, 2.45) is 0 Å². The standard InChI is InChI=1S/C22H24N4O2/c1-15-14-19(26(25-15)22(2,3)4)21(28)24-18-12-10-16(11-13-18)20(27)23-17-8-6-5-7-9-17/h5-14H,1-4H3,(H,23,27)(H,24,28). The zero-order chi connectivity index (χ0) is 20.3. The Kier molecular flexibility index (Phi) is 5.31. The van der Waals surface area contributed by atoms with Crippen molar-refractivity contribution in [2.75, 3.05) is 10.6 Å². The van der Waals surface area contributed by atoms with Crippen molar-refractivity contribution in [3.05, 3.63) is 77.6 Å². The summed E-state index contributed by atoms with van der Waals surface area (Å²) in [6, 6.07) is 17.8. The molecule has 0 saturated heterocycles. The number of hydrogen-bond donors (Lipinski definition) is 2. The summed E-state index contributed by atoms with van der Waals surface area (Å²) in [5.41, 5.74) is 2.83. The van der Waals surface area contributed by atoms with E-state index in [2.05, 4.69) is 15.7 Å². The lowest BCUT2D eigenvalue weighted by Crippen LogP contribution is -2.29. The molecule has 0 bridgehead atoms. The van der Waals surface area contributed by atoms with Gasteiger partial charge >= 0.3 is 0 Å². The molecule has 6 nitrogen and oxygen atoms in total. The van der Waals surface area contributed by atoms with Gasteiger partial charge < -0.3 is 10.6 Å². The number of rotatable bonds is 4. The third-order valence-electron chi connectivity index (χ3n) is 4.14. The molecule has 6 heteroatoms. The van der Waals surface area contributed by atoms with E-state index in [-0.39, 0.29) is 17.4 Å². The first-order valence-electron chi connectivity index (χ1n) is 9.09. The van der Waals surface area contributed by atoms with Gasteiger partial charge in [-0.2, -0.15) is 5.10 Å². The molecular weight excluding hydrogens is 352 g/mol. The number of carbonyl (C=O) groups is 2. The predicted molar refractivity (Wildman–Crippen MR) is 111 cm³/mol. The molecule has 0 aliphatic carbocycles. The van der Waals surface area contributed by atoms with Gasteiger partial charge in [-0.3, -0.25) is 14.3 Å². The van der Waals surface area contributed by atoms with E-state index in [4.69, 9.17) is 0 Å². The molecule has 0 aliphatic rings. The first-order chi connectivity index (χ1) is 13.2. The number of amides is 2. The molecule has 0 saturated carbocycles. The molecule has 28 heavy (non-hydrogen) atoms. The van der Waals surface area contributed by atoms with E-state index < -0.39 is 0 Å². The molecule has 1 aromatic heterocycles. The summed E-state index contributed by atoms with van der Waals surface area (Å²) in [6.07, 6.45) is 0. The van der Waals surface area contributed by atoms with Crippen LogP contribution in [0.1, 0.15) is 47.3 Å². The number of nitrogens with zero attached hydrogens (tertiary/aromatic N) is 2. The molecule has 144 valence electrons. The van der Waals surface area contributed by atoms with Crippen molar-refractivity contribution in [1.29, 1.82) is 0 Å². The molecule has 3 rings (SSSR count). The first kappa shape index (κ1) is 19.4. The van der Waals surface area contributed by atoms with Crippen LogP contribution in [0.3, 0.4) is 0 Å². The van der Waals surface area contributed by atoms with Crippen LogP contribution in [0.5, 0.6) is 0 Å². The number of aryl methyl sites for hydroxylation is 1. The van der Waals surface area contributed by atoms with Crippen LogP contribution in [-0.4, -0.2) is 21.6 Å². The van der Waals surface area contributed by atoms with Gasteiger partial charge in [0.15, 0.2) is 0 Å². The third kappa shape index (κ3) is 4.46. The SMILES string of the molecule is Cc1cc(C(=O)Nc2ccc(C(=O)Nc3ccccc3)cc2)n(C(C)(C)C)n1. The van der Waals surface area contributed by atoms with Crippen LogP contribution in [0, 0.1) is 6.92 Å². The highest BCUT2D eigenvalue weighted by molar-refractivity contribution is 6.05.